The van der Waals surface area contributed by atoms with Gasteiger partial charge >= 0.3 is 6.09 Å². The van der Waals surface area contributed by atoms with Crippen molar-refractivity contribution in [3.63, 3.8) is 0 Å². The molecule has 2 heterocycles. The van der Waals surface area contributed by atoms with Crippen LogP contribution in [0.25, 0.3) is 10.9 Å². The second kappa shape index (κ2) is 6.51. The van der Waals surface area contributed by atoms with Crippen LogP contribution in [-0.2, 0) is 0 Å². The Morgan fingerprint density at radius 2 is 1.88 bits per heavy atom. The van der Waals surface area contributed by atoms with Gasteiger partial charge in [0, 0.05) is 19.4 Å². The van der Waals surface area contributed by atoms with E-state index in [-0.39, 0.29) is 21.5 Å². The van der Waals surface area contributed by atoms with E-state index >= 15 is 0 Å². The average Bonchev–Trinajstić information content (AvgIpc) is 2.99. The quantitative estimate of drug-likeness (QED) is 0.752. The standard InChI is InChI=1S/C16H11Cl2N3O3/c1-19-16(23)24-14-9-6-8-21(12(9)5-7-20-14)15(22)13-10(17)3-2-4-11(13)18/h2-8H,1H3,(H,19,23). The van der Waals surface area contributed by atoms with Crippen LogP contribution in [-0.4, -0.2) is 28.6 Å². The Labute approximate surface area is 146 Å². The van der Waals surface area contributed by atoms with Gasteiger partial charge in [-0.1, -0.05) is 29.3 Å². The highest BCUT2D eigenvalue weighted by Gasteiger charge is 2.19. The first-order valence-electron chi connectivity index (χ1n) is 6.87. The van der Waals surface area contributed by atoms with E-state index in [1.165, 1.54) is 17.8 Å². The lowest BCUT2D eigenvalue weighted by atomic mass is 10.2. The zero-order chi connectivity index (χ0) is 17.3. The van der Waals surface area contributed by atoms with Crippen LogP contribution in [0.4, 0.5) is 4.79 Å². The summed E-state index contributed by atoms with van der Waals surface area (Å²) in [5, 5.41) is 3.36. The van der Waals surface area contributed by atoms with E-state index in [2.05, 4.69) is 10.3 Å². The Hall–Kier alpha value is -2.57. The number of ether oxygens (including phenoxy) is 1. The summed E-state index contributed by atoms with van der Waals surface area (Å²) in [5.74, 6) is -0.290. The number of nitrogens with one attached hydrogen (secondary N) is 1. The van der Waals surface area contributed by atoms with Crippen LogP contribution in [0, 0.1) is 0 Å². The molecule has 24 heavy (non-hydrogen) atoms. The molecule has 0 atom stereocenters. The van der Waals surface area contributed by atoms with Crippen LogP contribution in [0.1, 0.15) is 10.4 Å². The van der Waals surface area contributed by atoms with E-state index in [9.17, 15) is 9.59 Å². The number of pyridine rings is 1. The summed E-state index contributed by atoms with van der Waals surface area (Å²) in [6.07, 6.45) is 2.34. The van der Waals surface area contributed by atoms with Crippen LogP contribution < -0.4 is 10.1 Å². The maximum absolute atomic E-state index is 12.8. The summed E-state index contributed by atoms with van der Waals surface area (Å²) in [7, 11) is 1.44. The lowest BCUT2D eigenvalue weighted by molar-refractivity contribution is 0.0965. The molecule has 1 N–H and O–H groups in total. The SMILES string of the molecule is CNC(=O)Oc1nccc2c1ccn2C(=O)c1c(Cl)cccc1Cl. The van der Waals surface area contributed by atoms with Crippen molar-refractivity contribution in [2.24, 2.45) is 0 Å². The molecule has 0 spiro atoms. The number of rotatable bonds is 2. The van der Waals surface area contributed by atoms with Crippen LogP contribution >= 0.6 is 23.2 Å². The molecule has 0 radical (unpaired) electrons. The molecule has 0 aliphatic rings. The van der Waals surface area contributed by atoms with Gasteiger partial charge in [-0.25, -0.2) is 9.78 Å². The highest BCUT2D eigenvalue weighted by atomic mass is 35.5. The first kappa shape index (κ1) is 16.3. The fourth-order valence-electron chi connectivity index (χ4n) is 2.26. The Balaban J connectivity index is 2.10. The molecule has 0 saturated carbocycles. The van der Waals surface area contributed by atoms with Gasteiger partial charge in [-0.3, -0.25) is 9.36 Å². The number of benzene rings is 1. The predicted molar refractivity (Wildman–Crippen MR) is 91.0 cm³/mol. The normalized spacial score (nSPS) is 10.6. The molecule has 0 bridgehead atoms. The fourth-order valence-corrected chi connectivity index (χ4v) is 2.82. The van der Waals surface area contributed by atoms with Crippen LogP contribution in [0.2, 0.25) is 10.0 Å². The number of carbonyl (C=O) groups excluding carboxylic acids is 2. The summed E-state index contributed by atoms with van der Waals surface area (Å²) in [5.41, 5.74) is 0.716. The van der Waals surface area contributed by atoms with E-state index in [0.29, 0.717) is 10.9 Å². The largest absolute Gasteiger partial charge is 0.413 e. The van der Waals surface area contributed by atoms with E-state index in [1.807, 2.05) is 0 Å². The van der Waals surface area contributed by atoms with Gasteiger partial charge in [-0.05, 0) is 24.3 Å². The number of nitrogens with zero attached hydrogens (tertiary/aromatic N) is 2. The zero-order valence-corrected chi connectivity index (χ0v) is 13.9. The molecule has 122 valence electrons. The molecule has 3 aromatic rings. The molecule has 0 aliphatic heterocycles. The first-order chi connectivity index (χ1) is 11.5. The third-order valence-electron chi connectivity index (χ3n) is 3.37. The molecule has 1 aromatic carbocycles. The predicted octanol–water partition coefficient (Wildman–Crippen LogP) is 3.75. The molecule has 1 amide bonds. The number of hydrogen-bond acceptors (Lipinski definition) is 4. The number of halogens is 2. The monoisotopic (exact) mass is 363 g/mol. The highest BCUT2D eigenvalue weighted by Crippen LogP contribution is 2.29. The molecule has 0 fully saturated rings. The second-order valence-corrected chi connectivity index (χ2v) is 5.59. The van der Waals surface area contributed by atoms with Gasteiger partial charge in [-0.15, -0.1) is 0 Å². The third-order valence-corrected chi connectivity index (χ3v) is 4.00. The van der Waals surface area contributed by atoms with Gasteiger partial charge in [0.2, 0.25) is 5.88 Å². The fraction of sp³-hybridized carbons (Fsp3) is 0.0625. The molecule has 8 heteroatoms. The lowest BCUT2D eigenvalue weighted by Crippen LogP contribution is -2.22. The maximum Gasteiger partial charge on any atom is 0.413 e. The van der Waals surface area contributed by atoms with Crippen LogP contribution in [0.5, 0.6) is 5.88 Å². The number of hydrogen-bond donors (Lipinski definition) is 1. The summed E-state index contributed by atoms with van der Waals surface area (Å²) in [6, 6.07) is 8.11. The van der Waals surface area contributed by atoms with Gasteiger partial charge in [0.15, 0.2) is 0 Å². The summed E-state index contributed by atoms with van der Waals surface area (Å²) in [6.45, 7) is 0. The maximum atomic E-state index is 12.8. The number of amides is 1. The Morgan fingerprint density at radius 3 is 2.54 bits per heavy atom. The van der Waals surface area contributed by atoms with E-state index in [4.69, 9.17) is 27.9 Å². The van der Waals surface area contributed by atoms with Gasteiger partial charge in [0.25, 0.3) is 5.91 Å². The zero-order valence-electron chi connectivity index (χ0n) is 12.4. The summed E-state index contributed by atoms with van der Waals surface area (Å²) < 4.78 is 6.46. The van der Waals surface area contributed by atoms with Crippen LogP contribution in [0.15, 0.2) is 42.7 Å². The van der Waals surface area contributed by atoms with Crippen molar-refractivity contribution in [1.29, 1.82) is 0 Å². The lowest BCUT2D eigenvalue weighted by Gasteiger charge is -2.08. The molecule has 0 aliphatic carbocycles. The molecule has 3 rings (SSSR count). The topological polar surface area (TPSA) is 73.2 Å². The van der Waals surface area contributed by atoms with Gasteiger partial charge in [0.1, 0.15) is 0 Å². The van der Waals surface area contributed by atoms with E-state index < -0.39 is 12.0 Å². The molecule has 6 nitrogen and oxygen atoms in total. The minimum absolute atomic E-state index is 0.101. The van der Waals surface area contributed by atoms with Crippen molar-refractivity contribution in [3.8, 4) is 5.88 Å². The summed E-state index contributed by atoms with van der Waals surface area (Å²) in [4.78, 5) is 28.2. The number of carbonyl (C=O) groups is 2. The van der Waals surface area contributed by atoms with E-state index in [1.54, 1.807) is 36.5 Å². The Bertz CT molecular complexity index is 933. The van der Waals surface area contributed by atoms with Crippen molar-refractivity contribution in [2.75, 3.05) is 7.05 Å². The smallest absolute Gasteiger partial charge is 0.391 e. The first-order valence-corrected chi connectivity index (χ1v) is 7.63. The minimum atomic E-state index is -0.650. The van der Waals surface area contributed by atoms with Gasteiger partial charge in [0.05, 0.1) is 26.5 Å². The number of aromatic nitrogens is 2. The van der Waals surface area contributed by atoms with Crippen LogP contribution in [0.3, 0.4) is 0 Å². The van der Waals surface area contributed by atoms with E-state index in [0.717, 1.165) is 0 Å². The molecular formula is C16H11Cl2N3O3. The third kappa shape index (κ3) is 2.81. The van der Waals surface area contributed by atoms with Crippen molar-refractivity contribution in [3.05, 3.63) is 58.3 Å². The molecule has 0 unspecified atom stereocenters. The van der Waals surface area contributed by atoms with Crippen molar-refractivity contribution < 1.29 is 14.3 Å². The van der Waals surface area contributed by atoms with Crippen molar-refractivity contribution in [2.45, 2.75) is 0 Å². The minimum Gasteiger partial charge on any atom is -0.391 e. The van der Waals surface area contributed by atoms with Crippen molar-refractivity contribution >= 4 is 46.1 Å². The Kier molecular flexibility index (Phi) is 4.42. The van der Waals surface area contributed by atoms with Gasteiger partial charge < -0.3 is 10.1 Å². The average molecular weight is 364 g/mol. The number of fused-ring (bicyclic) bond motifs is 1. The molecular weight excluding hydrogens is 353 g/mol. The molecule has 2 aromatic heterocycles. The summed E-state index contributed by atoms with van der Waals surface area (Å²) >= 11 is 12.2. The molecule has 0 saturated heterocycles. The van der Waals surface area contributed by atoms with Crippen molar-refractivity contribution in [1.82, 2.24) is 14.9 Å². The van der Waals surface area contributed by atoms with Gasteiger partial charge in [-0.2, -0.15) is 0 Å². The second-order valence-electron chi connectivity index (χ2n) is 4.78. The Morgan fingerprint density at radius 1 is 1.17 bits per heavy atom. The highest BCUT2D eigenvalue weighted by molar-refractivity contribution is 6.40.